The Balaban J connectivity index is 1.23. The van der Waals surface area contributed by atoms with Crippen LogP contribution in [0.3, 0.4) is 0 Å². The topological polar surface area (TPSA) is 43.4 Å². The fourth-order valence-corrected chi connectivity index (χ4v) is 4.85. The average molecular weight is 509 g/mol. The van der Waals surface area contributed by atoms with Crippen LogP contribution in [0, 0.1) is 0 Å². The van der Waals surface area contributed by atoms with Gasteiger partial charge in [0.1, 0.15) is 11.9 Å². The van der Waals surface area contributed by atoms with Crippen LogP contribution < -0.4 is 5.32 Å². The van der Waals surface area contributed by atoms with Gasteiger partial charge in [0.2, 0.25) is 0 Å². The number of halogens is 1. The second-order valence-corrected chi connectivity index (χ2v) is 9.20. The standard InChI is InChI=1S/C32H29ClN2O2/c33-31-19-17-26-22-25(16-18-30(26)35-31)23-37-24-36-21-20-34-32(27-10-4-1-5-11-27,28-12-6-2-7-13-28)29-14-8-3-9-15-29/h1-19,22,34H,20-21,23-24H2. The van der Waals surface area contributed by atoms with E-state index in [1.807, 2.05) is 36.4 Å². The lowest BCUT2D eigenvalue weighted by molar-refractivity contribution is -0.0607. The maximum absolute atomic E-state index is 5.98. The summed E-state index contributed by atoms with van der Waals surface area (Å²) in [6.07, 6.45) is 0. The first-order valence-electron chi connectivity index (χ1n) is 12.4. The van der Waals surface area contributed by atoms with E-state index in [0.29, 0.717) is 24.9 Å². The highest BCUT2D eigenvalue weighted by Gasteiger charge is 2.35. The van der Waals surface area contributed by atoms with Gasteiger partial charge in [0.15, 0.2) is 0 Å². The third-order valence-electron chi connectivity index (χ3n) is 6.41. The third kappa shape index (κ3) is 5.90. The van der Waals surface area contributed by atoms with Crippen LogP contribution in [0.5, 0.6) is 0 Å². The molecule has 0 spiro atoms. The van der Waals surface area contributed by atoms with Gasteiger partial charge in [0.05, 0.1) is 24.3 Å². The van der Waals surface area contributed by atoms with Gasteiger partial charge in [0, 0.05) is 11.9 Å². The summed E-state index contributed by atoms with van der Waals surface area (Å²) >= 11 is 5.98. The summed E-state index contributed by atoms with van der Waals surface area (Å²) in [5.74, 6) is 0. The van der Waals surface area contributed by atoms with Crippen molar-refractivity contribution in [3.8, 4) is 0 Å². The van der Waals surface area contributed by atoms with Gasteiger partial charge in [-0.15, -0.1) is 0 Å². The summed E-state index contributed by atoms with van der Waals surface area (Å²) in [6.45, 7) is 1.83. The van der Waals surface area contributed by atoms with Crippen LogP contribution in [0.25, 0.3) is 10.9 Å². The van der Waals surface area contributed by atoms with Crippen molar-refractivity contribution in [2.45, 2.75) is 12.1 Å². The van der Waals surface area contributed by atoms with Gasteiger partial charge in [0.25, 0.3) is 0 Å². The molecule has 0 saturated heterocycles. The van der Waals surface area contributed by atoms with Gasteiger partial charge >= 0.3 is 0 Å². The summed E-state index contributed by atoms with van der Waals surface area (Å²) in [6, 6.07) is 41.5. The minimum Gasteiger partial charge on any atom is -0.354 e. The number of hydrogen-bond donors (Lipinski definition) is 1. The van der Waals surface area contributed by atoms with E-state index in [1.165, 1.54) is 16.7 Å². The van der Waals surface area contributed by atoms with E-state index in [4.69, 9.17) is 21.1 Å². The summed E-state index contributed by atoms with van der Waals surface area (Å²) in [5, 5.41) is 5.35. The number of benzene rings is 4. The van der Waals surface area contributed by atoms with Crippen molar-refractivity contribution < 1.29 is 9.47 Å². The Morgan fingerprint density at radius 1 is 0.676 bits per heavy atom. The molecule has 0 aliphatic rings. The Kier molecular flexibility index (Phi) is 8.24. The van der Waals surface area contributed by atoms with Crippen LogP contribution in [-0.4, -0.2) is 24.9 Å². The fourth-order valence-electron chi connectivity index (χ4n) is 4.70. The zero-order valence-electron chi connectivity index (χ0n) is 20.5. The summed E-state index contributed by atoms with van der Waals surface area (Å²) in [7, 11) is 0. The monoisotopic (exact) mass is 508 g/mol. The predicted molar refractivity (Wildman–Crippen MR) is 150 cm³/mol. The van der Waals surface area contributed by atoms with Crippen molar-refractivity contribution in [2.75, 3.05) is 19.9 Å². The first-order chi connectivity index (χ1) is 18.3. The molecule has 0 unspecified atom stereocenters. The van der Waals surface area contributed by atoms with Crippen LogP contribution in [-0.2, 0) is 21.6 Å². The van der Waals surface area contributed by atoms with Gasteiger partial charge in [-0.2, -0.15) is 0 Å². The normalized spacial score (nSPS) is 11.6. The Hall–Kier alpha value is -3.54. The largest absolute Gasteiger partial charge is 0.354 e. The van der Waals surface area contributed by atoms with Crippen LogP contribution in [0.1, 0.15) is 22.3 Å². The second kappa shape index (κ2) is 12.1. The molecule has 0 bridgehead atoms. The maximum atomic E-state index is 5.98. The first kappa shape index (κ1) is 25.1. The van der Waals surface area contributed by atoms with Gasteiger partial charge < -0.3 is 9.47 Å². The molecular weight excluding hydrogens is 480 g/mol. The molecule has 0 amide bonds. The van der Waals surface area contributed by atoms with E-state index in [-0.39, 0.29) is 6.79 Å². The summed E-state index contributed by atoms with van der Waals surface area (Å²) in [4.78, 5) is 4.33. The number of nitrogens with zero attached hydrogens (tertiary/aromatic N) is 1. The highest BCUT2D eigenvalue weighted by atomic mass is 35.5. The zero-order chi connectivity index (χ0) is 25.3. The Labute approximate surface area is 222 Å². The van der Waals surface area contributed by atoms with E-state index in [2.05, 4.69) is 89.2 Å². The lowest BCUT2D eigenvalue weighted by atomic mass is 9.77. The number of aromatic nitrogens is 1. The van der Waals surface area contributed by atoms with Crippen molar-refractivity contribution in [1.82, 2.24) is 10.3 Å². The maximum Gasteiger partial charge on any atom is 0.147 e. The lowest BCUT2D eigenvalue weighted by Gasteiger charge is -2.37. The van der Waals surface area contributed by atoms with Crippen molar-refractivity contribution in [1.29, 1.82) is 0 Å². The van der Waals surface area contributed by atoms with E-state index in [0.717, 1.165) is 16.5 Å². The quantitative estimate of drug-likeness (QED) is 0.0906. The molecule has 5 aromatic rings. The van der Waals surface area contributed by atoms with E-state index in [9.17, 15) is 0 Å². The molecule has 0 radical (unpaired) electrons. The predicted octanol–water partition coefficient (Wildman–Crippen LogP) is 6.96. The molecule has 5 rings (SSSR count). The van der Waals surface area contributed by atoms with E-state index in [1.54, 1.807) is 6.07 Å². The van der Waals surface area contributed by atoms with Gasteiger partial charge in [-0.3, -0.25) is 5.32 Å². The molecule has 1 aromatic heterocycles. The van der Waals surface area contributed by atoms with Crippen molar-refractivity contribution in [2.24, 2.45) is 0 Å². The summed E-state index contributed by atoms with van der Waals surface area (Å²) < 4.78 is 11.6. The van der Waals surface area contributed by atoms with Crippen LogP contribution in [0.15, 0.2) is 121 Å². The number of nitrogens with one attached hydrogen (secondary N) is 1. The molecule has 4 aromatic carbocycles. The zero-order valence-corrected chi connectivity index (χ0v) is 21.3. The molecule has 1 N–H and O–H groups in total. The molecule has 1 heterocycles. The van der Waals surface area contributed by atoms with Gasteiger partial charge in [-0.1, -0.05) is 109 Å². The smallest absolute Gasteiger partial charge is 0.147 e. The SMILES string of the molecule is Clc1ccc2cc(COCOCCNC(c3ccccc3)(c3ccccc3)c3ccccc3)ccc2n1. The van der Waals surface area contributed by atoms with Gasteiger partial charge in [-0.25, -0.2) is 4.98 Å². The number of pyridine rings is 1. The molecule has 5 heteroatoms. The summed E-state index contributed by atoms with van der Waals surface area (Å²) in [5.41, 5.74) is 4.96. The number of fused-ring (bicyclic) bond motifs is 1. The molecule has 0 fully saturated rings. The number of hydrogen-bond acceptors (Lipinski definition) is 4. The molecule has 0 aliphatic carbocycles. The number of rotatable bonds is 11. The van der Waals surface area contributed by atoms with Crippen molar-refractivity contribution in [3.63, 3.8) is 0 Å². The van der Waals surface area contributed by atoms with E-state index < -0.39 is 5.54 Å². The lowest BCUT2D eigenvalue weighted by Crippen LogP contribution is -2.46. The highest BCUT2D eigenvalue weighted by molar-refractivity contribution is 6.29. The minimum absolute atomic E-state index is 0.216. The third-order valence-corrected chi connectivity index (χ3v) is 6.62. The first-order valence-corrected chi connectivity index (χ1v) is 12.8. The highest BCUT2D eigenvalue weighted by Crippen LogP contribution is 2.36. The molecule has 0 saturated carbocycles. The molecule has 0 aliphatic heterocycles. The molecule has 186 valence electrons. The van der Waals surface area contributed by atoms with Crippen LogP contribution in [0.2, 0.25) is 5.15 Å². The Morgan fingerprint density at radius 2 is 1.27 bits per heavy atom. The van der Waals surface area contributed by atoms with Crippen molar-refractivity contribution in [3.05, 3.63) is 149 Å². The van der Waals surface area contributed by atoms with Gasteiger partial charge in [-0.05, 0) is 46.5 Å². The van der Waals surface area contributed by atoms with Crippen LogP contribution in [0.4, 0.5) is 0 Å². The molecular formula is C32H29ClN2O2. The molecule has 0 atom stereocenters. The fraction of sp³-hybridized carbons (Fsp3) is 0.156. The Morgan fingerprint density at radius 3 is 1.86 bits per heavy atom. The van der Waals surface area contributed by atoms with Crippen molar-refractivity contribution >= 4 is 22.5 Å². The second-order valence-electron chi connectivity index (χ2n) is 8.81. The molecule has 4 nitrogen and oxygen atoms in total. The van der Waals surface area contributed by atoms with Crippen LogP contribution >= 0.6 is 11.6 Å². The number of ether oxygens (including phenoxy) is 2. The minimum atomic E-state index is -0.504. The Bertz CT molecular complexity index is 1320. The van der Waals surface area contributed by atoms with E-state index >= 15 is 0 Å². The molecule has 37 heavy (non-hydrogen) atoms. The average Bonchev–Trinajstić information content (AvgIpc) is 2.96.